The van der Waals surface area contributed by atoms with E-state index in [1.54, 1.807) is 19.9 Å². The fourth-order valence-electron chi connectivity index (χ4n) is 1.97. The minimum Gasteiger partial charge on any atom is -0.508 e. The summed E-state index contributed by atoms with van der Waals surface area (Å²) in [6, 6.07) is 4.50. The van der Waals surface area contributed by atoms with Crippen LogP contribution in [-0.4, -0.2) is 22.8 Å². The summed E-state index contributed by atoms with van der Waals surface area (Å²) >= 11 is 0. The SMILES string of the molecule is CCOC(=O)/C(C)=C/CC/C(C)=C/Cc1cc(O)ccc1O. The van der Waals surface area contributed by atoms with E-state index < -0.39 is 0 Å². The molecule has 0 aliphatic rings. The Morgan fingerprint density at radius 3 is 2.64 bits per heavy atom. The molecule has 0 bridgehead atoms. The number of aromatic hydroxyl groups is 2. The lowest BCUT2D eigenvalue weighted by molar-refractivity contribution is -0.138. The number of phenols is 2. The Balaban J connectivity index is 2.51. The maximum absolute atomic E-state index is 11.4. The summed E-state index contributed by atoms with van der Waals surface area (Å²) in [5.74, 6) is 0.0561. The number of rotatable bonds is 7. The molecule has 0 saturated heterocycles. The van der Waals surface area contributed by atoms with Crippen molar-refractivity contribution in [1.82, 2.24) is 0 Å². The number of hydrogen-bond acceptors (Lipinski definition) is 4. The maximum atomic E-state index is 11.4. The first-order chi connectivity index (χ1) is 10.4. The first kappa shape index (κ1) is 17.8. The first-order valence-corrected chi connectivity index (χ1v) is 7.44. The van der Waals surface area contributed by atoms with Gasteiger partial charge < -0.3 is 14.9 Å². The third-order valence-corrected chi connectivity index (χ3v) is 3.32. The number of hydrogen-bond donors (Lipinski definition) is 2. The predicted molar refractivity (Wildman–Crippen MR) is 86.9 cm³/mol. The van der Waals surface area contributed by atoms with Gasteiger partial charge in [0.1, 0.15) is 11.5 Å². The highest BCUT2D eigenvalue weighted by Gasteiger charge is 2.04. The Labute approximate surface area is 131 Å². The Morgan fingerprint density at radius 2 is 1.95 bits per heavy atom. The van der Waals surface area contributed by atoms with Crippen molar-refractivity contribution in [3.05, 3.63) is 47.1 Å². The van der Waals surface area contributed by atoms with E-state index in [4.69, 9.17) is 4.74 Å². The monoisotopic (exact) mass is 304 g/mol. The lowest BCUT2D eigenvalue weighted by Crippen LogP contribution is -2.04. The highest BCUT2D eigenvalue weighted by atomic mass is 16.5. The van der Waals surface area contributed by atoms with Gasteiger partial charge in [0, 0.05) is 11.1 Å². The van der Waals surface area contributed by atoms with Gasteiger partial charge in [-0.05, 0) is 58.2 Å². The van der Waals surface area contributed by atoms with Crippen LogP contribution < -0.4 is 0 Å². The molecule has 0 saturated carbocycles. The normalized spacial score (nSPS) is 12.3. The van der Waals surface area contributed by atoms with Crippen molar-refractivity contribution in [3.8, 4) is 11.5 Å². The van der Waals surface area contributed by atoms with Crippen molar-refractivity contribution in [2.45, 2.75) is 40.0 Å². The number of allylic oxidation sites excluding steroid dienone is 3. The molecule has 4 heteroatoms. The number of ether oxygens (including phenoxy) is 1. The fourth-order valence-corrected chi connectivity index (χ4v) is 1.97. The summed E-state index contributed by atoms with van der Waals surface area (Å²) in [5.41, 5.74) is 2.48. The van der Waals surface area contributed by atoms with Gasteiger partial charge in [-0.3, -0.25) is 0 Å². The van der Waals surface area contributed by atoms with Crippen molar-refractivity contribution in [3.63, 3.8) is 0 Å². The summed E-state index contributed by atoms with van der Waals surface area (Å²) in [6.07, 6.45) is 6.05. The van der Waals surface area contributed by atoms with Crippen LogP contribution in [0.15, 0.2) is 41.5 Å². The smallest absolute Gasteiger partial charge is 0.333 e. The molecule has 120 valence electrons. The van der Waals surface area contributed by atoms with E-state index in [2.05, 4.69) is 0 Å². The molecular weight excluding hydrogens is 280 g/mol. The lowest BCUT2D eigenvalue weighted by atomic mass is 10.1. The van der Waals surface area contributed by atoms with Crippen LogP contribution in [0.4, 0.5) is 0 Å². The molecule has 0 aliphatic heterocycles. The standard InChI is InChI=1S/C18H24O4/c1-4-22-18(21)14(3)7-5-6-13(2)8-9-15-12-16(19)10-11-17(15)20/h7-8,10-12,19-20H,4-6,9H2,1-3H3/b13-8+,14-7+. The van der Waals surface area contributed by atoms with E-state index in [1.807, 2.05) is 19.1 Å². The van der Waals surface area contributed by atoms with E-state index in [9.17, 15) is 15.0 Å². The number of carbonyl (C=O) groups is 1. The van der Waals surface area contributed by atoms with E-state index in [0.29, 0.717) is 24.2 Å². The van der Waals surface area contributed by atoms with Gasteiger partial charge in [0.25, 0.3) is 0 Å². The van der Waals surface area contributed by atoms with Gasteiger partial charge in [-0.2, -0.15) is 0 Å². The second kappa shape index (κ2) is 8.93. The van der Waals surface area contributed by atoms with Gasteiger partial charge in [-0.1, -0.05) is 17.7 Å². The second-order valence-corrected chi connectivity index (χ2v) is 5.21. The van der Waals surface area contributed by atoms with Crippen LogP contribution >= 0.6 is 0 Å². The van der Waals surface area contributed by atoms with E-state index in [1.165, 1.54) is 12.1 Å². The highest BCUT2D eigenvalue weighted by molar-refractivity contribution is 5.87. The third-order valence-electron chi connectivity index (χ3n) is 3.32. The molecule has 0 amide bonds. The maximum Gasteiger partial charge on any atom is 0.333 e. The molecule has 1 aromatic rings. The van der Waals surface area contributed by atoms with Crippen molar-refractivity contribution in [2.24, 2.45) is 0 Å². The van der Waals surface area contributed by atoms with Crippen LogP contribution in [0.25, 0.3) is 0 Å². The first-order valence-electron chi connectivity index (χ1n) is 7.44. The van der Waals surface area contributed by atoms with Gasteiger partial charge >= 0.3 is 5.97 Å². The zero-order valence-corrected chi connectivity index (χ0v) is 13.4. The molecule has 4 nitrogen and oxygen atoms in total. The molecule has 0 unspecified atom stereocenters. The van der Waals surface area contributed by atoms with E-state index in [0.717, 1.165) is 18.4 Å². The van der Waals surface area contributed by atoms with Crippen LogP contribution in [0.5, 0.6) is 11.5 Å². The summed E-state index contributed by atoms with van der Waals surface area (Å²) in [7, 11) is 0. The molecule has 0 aliphatic carbocycles. The summed E-state index contributed by atoms with van der Waals surface area (Å²) in [4.78, 5) is 11.4. The number of phenolic OH excluding ortho intramolecular Hbond substituents is 2. The molecule has 0 heterocycles. The van der Waals surface area contributed by atoms with E-state index in [-0.39, 0.29) is 17.5 Å². The van der Waals surface area contributed by atoms with Crippen molar-refractivity contribution < 1.29 is 19.7 Å². The van der Waals surface area contributed by atoms with Gasteiger partial charge in [-0.15, -0.1) is 0 Å². The summed E-state index contributed by atoms with van der Waals surface area (Å²) in [6.45, 7) is 5.93. The Bertz CT molecular complexity index is 570. The van der Waals surface area contributed by atoms with Gasteiger partial charge in [0.15, 0.2) is 0 Å². The van der Waals surface area contributed by atoms with Gasteiger partial charge in [-0.25, -0.2) is 4.79 Å². The quantitative estimate of drug-likeness (QED) is 0.347. The fraction of sp³-hybridized carbons (Fsp3) is 0.389. The number of benzene rings is 1. The third kappa shape index (κ3) is 6.04. The largest absolute Gasteiger partial charge is 0.508 e. The van der Waals surface area contributed by atoms with Crippen LogP contribution in [0.2, 0.25) is 0 Å². The Kier molecular flexibility index (Phi) is 7.23. The van der Waals surface area contributed by atoms with E-state index >= 15 is 0 Å². The Hall–Kier alpha value is -2.23. The average Bonchev–Trinajstić information content (AvgIpc) is 2.48. The molecule has 22 heavy (non-hydrogen) atoms. The van der Waals surface area contributed by atoms with Crippen LogP contribution in [0.3, 0.4) is 0 Å². The number of carbonyl (C=O) groups excluding carboxylic acids is 1. The summed E-state index contributed by atoms with van der Waals surface area (Å²) in [5, 5.41) is 19.1. The van der Waals surface area contributed by atoms with Gasteiger partial charge in [0.05, 0.1) is 6.61 Å². The summed E-state index contributed by atoms with van der Waals surface area (Å²) < 4.78 is 4.92. The average molecular weight is 304 g/mol. The lowest BCUT2D eigenvalue weighted by Gasteiger charge is -2.04. The van der Waals surface area contributed by atoms with Crippen molar-refractivity contribution >= 4 is 5.97 Å². The highest BCUT2D eigenvalue weighted by Crippen LogP contribution is 2.23. The minimum atomic E-state index is -0.270. The van der Waals surface area contributed by atoms with Crippen LogP contribution in [0.1, 0.15) is 39.2 Å². The zero-order valence-electron chi connectivity index (χ0n) is 13.4. The number of esters is 1. The molecule has 1 rings (SSSR count). The Morgan fingerprint density at radius 1 is 1.23 bits per heavy atom. The molecule has 0 radical (unpaired) electrons. The molecule has 0 fully saturated rings. The topological polar surface area (TPSA) is 66.8 Å². The minimum absolute atomic E-state index is 0.145. The zero-order chi connectivity index (χ0) is 16.5. The van der Waals surface area contributed by atoms with Crippen molar-refractivity contribution in [2.75, 3.05) is 6.61 Å². The molecule has 2 N–H and O–H groups in total. The predicted octanol–water partition coefficient (Wildman–Crippen LogP) is 3.88. The van der Waals surface area contributed by atoms with Gasteiger partial charge in [0.2, 0.25) is 0 Å². The van der Waals surface area contributed by atoms with Crippen molar-refractivity contribution in [1.29, 1.82) is 0 Å². The molecular formula is C18H24O4. The second-order valence-electron chi connectivity index (χ2n) is 5.21. The molecule has 0 spiro atoms. The molecule has 0 atom stereocenters. The van der Waals surface area contributed by atoms with Crippen LogP contribution in [-0.2, 0) is 16.0 Å². The van der Waals surface area contributed by atoms with Crippen LogP contribution in [0, 0.1) is 0 Å². The molecule has 0 aromatic heterocycles. The molecule has 1 aromatic carbocycles.